The van der Waals surface area contributed by atoms with Crippen molar-refractivity contribution in [3.63, 3.8) is 0 Å². The maximum Gasteiger partial charge on any atom is 0.417 e. The molecule has 1 aromatic carbocycles. The molecule has 156 valence electrons. The minimum Gasteiger partial charge on any atom is -0.368 e. The lowest BCUT2D eigenvalue weighted by Crippen LogP contribution is -2.60. The van der Waals surface area contributed by atoms with Crippen LogP contribution in [0, 0.1) is 17.2 Å². The second kappa shape index (κ2) is 8.31. The van der Waals surface area contributed by atoms with E-state index in [4.69, 9.17) is 11.0 Å². The Kier molecular flexibility index (Phi) is 6.01. The summed E-state index contributed by atoms with van der Waals surface area (Å²) in [6.45, 7) is 0.543. The van der Waals surface area contributed by atoms with Crippen molar-refractivity contribution in [3.05, 3.63) is 29.3 Å². The summed E-state index contributed by atoms with van der Waals surface area (Å²) >= 11 is 0. The van der Waals surface area contributed by atoms with Gasteiger partial charge in [0.2, 0.25) is 11.8 Å². The second-order valence-electron chi connectivity index (χ2n) is 7.57. The van der Waals surface area contributed by atoms with Gasteiger partial charge in [0.15, 0.2) is 0 Å². The van der Waals surface area contributed by atoms with Crippen molar-refractivity contribution in [2.75, 3.05) is 24.5 Å². The molecule has 2 fully saturated rings. The van der Waals surface area contributed by atoms with Crippen molar-refractivity contribution in [2.45, 2.75) is 44.3 Å². The van der Waals surface area contributed by atoms with Gasteiger partial charge < -0.3 is 15.5 Å². The first-order chi connectivity index (χ1) is 13.7. The van der Waals surface area contributed by atoms with Crippen molar-refractivity contribution in [1.29, 1.82) is 5.26 Å². The number of benzene rings is 1. The molecule has 2 amide bonds. The molecular weight excluding hydrogens is 385 g/mol. The van der Waals surface area contributed by atoms with E-state index in [-0.39, 0.29) is 30.6 Å². The molecule has 0 spiro atoms. The summed E-state index contributed by atoms with van der Waals surface area (Å²) in [7, 11) is 0. The standard InChI is InChI=1S/C20H23F3N4O2/c21-20(22,23)16-10-15(7-6-14(16)11-24)27-9-8-26(12-17(27)18(25)28)19(29)13-4-2-1-3-5-13/h6-7,10,13,17H,1-5,8-9,12H2,(H2,25,28). The smallest absolute Gasteiger partial charge is 0.368 e. The van der Waals surface area contributed by atoms with Crippen LogP contribution in [0.25, 0.3) is 0 Å². The molecule has 1 saturated carbocycles. The number of anilines is 1. The van der Waals surface area contributed by atoms with E-state index in [2.05, 4.69) is 0 Å². The van der Waals surface area contributed by atoms with Gasteiger partial charge in [-0.1, -0.05) is 19.3 Å². The van der Waals surface area contributed by atoms with Gasteiger partial charge in [0.25, 0.3) is 0 Å². The third-order valence-corrected chi connectivity index (χ3v) is 5.74. The molecular formula is C20H23F3N4O2. The van der Waals surface area contributed by atoms with Gasteiger partial charge in [0.05, 0.1) is 23.7 Å². The zero-order valence-corrected chi connectivity index (χ0v) is 15.9. The molecule has 1 aliphatic heterocycles. The summed E-state index contributed by atoms with van der Waals surface area (Å²) in [5.41, 5.74) is 4.14. The van der Waals surface area contributed by atoms with Crippen LogP contribution in [0.5, 0.6) is 0 Å². The first-order valence-corrected chi connectivity index (χ1v) is 9.68. The molecule has 6 nitrogen and oxygen atoms in total. The number of nitriles is 1. The number of carbonyl (C=O) groups is 2. The Hall–Kier alpha value is -2.76. The number of nitrogens with two attached hydrogens (primary N) is 1. The van der Waals surface area contributed by atoms with Crippen LogP contribution >= 0.6 is 0 Å². The fraction of sp³-hybridized carbons (Fsp3) is 0.550. The lowest BCUT2D eigenvalue weighted by Gasteiger charge is -2.42. The van der Waals surface area contributed by atoms with Crippen molar-refractivity contribution >= 4 is 17.5 Å². The number of amides is 2. The first kappa shape index (κ1) is 21.0. The maximum absolute atomic E-state index is 13.3. The Morgan fingerprint density at radius 2 is 1.83 bits per heavy atom. The van der Waals surface area contributed by atoms with Gasteiger partial charge in [-0.15, -0.1) is 0 Å². The molecule has 2 aliphatic rings. The third-order valence-electron chi connectivity index (χ3n) is 5.74. The number of primary amides is 1. The van der Waals surface area contributed by atoms with Gasteiger partial charge >= 0.3 is 6.18 Å². The fourth-order valence-electron chi connectivity index (χ4n) is 4.19. The number of piperazine rings is 1. The summed E-state index contributed by atoms with van der Waals surface area (Å²) in [5.74, 6) is -0.772. The lowest BCUT2D eigenvalue weighted by molar-refractivity contribution is -0.138. The number of hydrogen-bond acceptors (Lipinski definition) is 4. The highest BCUT2D eigenvalue weighted by molar-refractivity contribution is 5.86. The zero-order valence-electron chi connectivity index (χ0n) is 15.9. The minimum atomic E-state index is -4.69. The van der Waals surface area contributed by atoms with E-state index in [1.54, 1.807) is 11.0 Å². The molecule has 0 aromatic heterocycles. The molecule has 1 atom stereocenters. The Balaban J connectivity index is 1.83. The van der Waals surface area contributed by atoms with Crippen LogP contribution in [-0.4, -0.2) is 42.4 Å². The number of rotatable bonds is 3. The predicted molar refractivity (Wildman–Crippen MR) is 99.6 cm³/mol. The Morgan fingerprint density at radius 1 is 1.14 bits per heavy atom. The third kappa shape index (κ3) is 4.47. The largest absolute Gasteiger partial charge is 0.417 e. The number of halogens is 3. The Bertz CT molecular complexity index is 828. The van der Waals surface area contributed by atoms with Gasteiger partial charge in [-0.2, -0.15) is 18.4 Å². The highest BCUT2D eigenvalue weighted by atomic mass is 19.4. The summed E-state index contributed by atoms with van der Waals surface area (Å²) in [5, 5.41) is 8.96. The van der Waals surface area contributed by atoms with E-state index >= 15 is 0 Å². The molecule has 0 radical (unpaired) electrons. The molecule has 1 aromatic rings. The average Bonchev–Trinajstić information content (AvgIpc) is 2.72. The van der Waals surface area contributed by atoms with Gasteiger partial charge in [-0.3, -0.25) is 9.59 Å². The van der Waals surface area contributed by atoms with Crippen molar-refractivity contribution in [1.82, 2.24) is 4.90 Å². The van der Waals surface area contributed by atoms with E-state index in [0.717, 1.165) is 44.2 Å². The minimum absolute atomic E-state index is 0.00795. The molecule has 1 unspecified atom stereocenters. The maximum atomic E-state index is 13.3. The Morgan fingerprint density at radius 3 is 2.41 bits per heavy atom. The molecule has 29 heavy (non-hydrogen) atoms. The van der Waals surface area contributed by atoms with Crippen LogP contribution < -0.4 is 10.6 Å². The van der Waals surface area contributed by atoms with E-state index in [9.17, 15) is 22.8 Å². The Labute approximate surface area is 167 Å². The zero-order chi connectivity index (χ0) is 21.2. The summed E-state index contributed by atoms with van der Waals surface area (Å²) < 4.78 is 39.9. The van der Waals surface area contributed by atoms with Gasteiger partial charge in [-0.05, 0) is 31.0 Å². The number of alkyl halides is 3. The van der Waals surface area contributed by atoms with Crippen LogP contribution in [-0.2, 0) is 15.8 Å². The predicted octanol–water partition coefficient (Wildman–Crippen LogP) is 2.66. The van der Waals surface area contributed by atoms with Crippen LogP contribution in [0.3, 0.4) is 0 Å². The average molecular weight is 408 g/mol. The normalized spacial score (nSPS) is 21.0. The highest BCUT2D eigenvalue weighted by Gasteiger charge is 2.38. The number of hydrogen-bond donors (Lipinski definition) is 1. The topological polar surface area (TPSA) is 90.4 Å². The fourth-order valence-corrected chi connectivity index (χ4v) is 4.19. The van der Waals surface area contributed by atoms with E-state index in [0.29, 0.717) is 6.54 Å². The molecule has 3 rings (SSSR count). The summed E-state index contributed by atoms with van der Waals surface area (Å²) in [6, 6.07) is 3.95. The van der Waals surface area contributed by atoms with Crippen molar-refractivity contribution in [2.24, 2.45) is 11.7 Å². The van der Waals surface area contributed by atoms with Crippen molar-refractivity contribution < 1.29 is 22.8 Å². The molecule has 9 heteroatoms. The van der Waals surface area contributed by atoms with E-state index < -0.39 is 29.3 Å². The number of carbonyl (C=O) groups excluding carboxylic acids is 2. The lowest BCUT2D eigenvalue weighted by atomic mass is 9.88. The molecule has 0 bridgehead atoms. The quantitative estimate of drug-likeness (QED) is 0.833. The van der Waals surface area contributed by atoms with Gasteiger partial charge in [0.1, 0.15) is 6.04 Å². The van der Waals surface area contributed by atoms with Crippen molar-refractivity contribution in [3.8, 4) is 6.07 Å². The SMILES string of the molecule is N#Cc1ccc(N2CCN(C(=O)C3CCCCC3)CC2C(N)=O)cc1C(F)(F)F. The van der Waals surface area contributed by atoms with Crippen LogP contribution in [0.4, 0.5) is 18.9 Å². The van der Waals surface area contributed by atoms with Gasteiger partial charge in [0, 0.05) is 24.7 Å². The monoisotopic (exact) mass is 408 g/mol. The molecule has 1 heterocycles. The highest BCUT2D eigenvalue weighted by Crippen LogP contribution is 2.35. The molecule has 1 aliphatic carbocycles. The van der Waals surface area contributed by atoms with E-state index in [1.807, 2.05) is 0 Å². The van der Waals surface area contributed by atoms with Crippen LogP contribution in [0.1, 0.15) is 43.2 Å². The van der Waals surface area contributed by atoms with Gasteiger partial charge in [-0.25, -0.2) is 0 Å². The van der Waals surface area contributed by atoms with Crippen LogP contribution in [0.15, 0.2) is 18.2 Å². The molecule has 1 saturated heterocycles. The summed E-state index contributed by atoms with van der Waals surface area (Å²) in [6.07, 6.45) is 0.0711. The van der Waals surface area contributed by atoms with Crippen LogP contribution in [0.2, 0.25) is 0 Å². The first-order valence-electron chi connectivity index (χ1n) is 9.68. The summed E-state index contributed by atoms with van der Waals surface area (Å²) in [4.78, 5) is 28.0. The second-order valence-corrected chi connectivity index (χ2v) is 7.57. The molecule has 2 N–H and O–H groups in total. The van der Waals surface area contributed by atoms with E-state index in [1.165, 1.54) is 11.0 Å². The number of nitrogens with zero attached hydrogens (tertiary/aromatic N) is 3.